The molecule has 0 spiro atoms. The quantitative estimate of drug-likeness (QED) is 0.462. The molecule has 0 bridgehead atoms. The lowest BCUT2D eigenvalue weighted by molar-refractivity contribution is 0.478. The highest BCUT2D eigenvalue weighted by Gasteiger charge is 2.13. The maximum Gasteiger partial charge on any atom is 0.344 e. The minimum absolute atomic E-state index is 0.390. The number of hydrogen-bond acceptors (Lipinski definition) is 3. The molecule has 3 aromatic carbocycles. The van der Waals surface area contributed by atoms with E-state index >= 15 is 0 Å². The van der Waals surface area contributed by atoms with E-state index in [9.17, 15) is 4.79 Å². The van der Waals surface area contributed by atoms with Crippen molar-refractivity contribution in [2.45, 2.75) is 0 Å². The van der Waals surface area contributed by atoms with Crippen LogP contribution >= 0.6 is 11.6 Å². The number of hydrogen-bond donors (Lipinski definition) is 0. The van der Waals surface area contributed by atoms with Gasteiger partial charge < -0.3 is 9.15 Å². The highest BCUT2D eigenvalue weighted by atomic mass is 35.5. The van der Waals surface area contributed by atoms with Gasteiger partial charge in [0.1, 0.15) is 17.3 Å². The third-order valence-electron chi connectivity index (χ3n) is 3.85. The Kier molecular flexibility index (Phi) is 4.00. The zero-order valence-electron chi connectivity index (χ0n) is 13.1. The molecular formula is C21H13ClO3. The molecule has 0 fully saturated rings. The molecule has 1 aromatic heterocycles. The molecule has 1 heterocycles. The van der Waals surface area contributed by atoms with Crippen molar-refractivity contribution >= 4 is 22.4 Å². The fraction of sp³-hybridized carbons (Fsp3) is 0. The van der Waals surface area contributed by atoms with Gasteiger partial charge >= 0.3 is 5.63 Å². The molecule has 0 aliphatic heterocycles. The van der Waals surface area contributed by atoms with Crippen molar-refractivity contribution in [2.75, 3.05) is 0 Å². The first kappa shape index (κ1) is 15.5. The van der Waals surface area contributed by atoms with Crippen LogP contribution in [0.1, 0.15) is 0 Å². The van der Waals surface area contributed by atoms with E-state index in [1.165, 1.54) is 0 Å². The molecule has 0 N–H and O–H groups in total. The molecule has 0 aliphatic carbocycles. The van der Waals surface area contributed by atoms with E-state index in [2.05, 4.69) is 0 Å². The summed E-state index contributed by atoms with van der Waals surface area (Å²) in [5, 5.41) is 1.88. The van der Waals surface area contributed by atoms with E-state index in [4.69, 9.17) is 20.8 Å². The molecule has 3 nitrogen and oxygen atoms in total. The van der Waals surface area contributed by atoms with Crippen molar-refractivity contribution in [3.63, 3.8) is 0 Å². The van der Waals surface area contributed by atoms with Crippen LogP contribution in [0.5, 0.6) is 11.5 Å². The second kappa shape index (κ2) is 6.46. The third kappa shape index (κ3) is 3.14. The van der Waals surface area contributed by atoms with E-state index < -0.39 is 5.63 Å². The normalized spacial score (nSPS) is 10.8. The second-order valence-corrected chi connectivity index (χ2v) is 5.98. The highest BCUT2D eigenvalue weighted by molar-refractivity contribution is 6.31. The van der Waals surface area contributed by atoms with E-state index in [1.807, 2.05) is 54.6 Å². The summed E-state index contributed by atoms with van der Waals surface area (Å²) in [6.07, 6.45) is 0. The van der Waals surface area contributed by atoms with Crippen molar-refractivity contribution in [3.05, 3.63) is 94.3 Å². The first-order chi connectivity index (χ1) is 12.2. The topological polar surface area (TPSA) is 39.4 Å². The minimum Gasteiger partial charge on any atom is -0.457 e. The number of benzene rings is 3. The van der Waals surface area contributed by atoms with Crippen LogP contribution < -0.4 is 10.4 Å². The van der Waals surface area contributed by atoms with Crippen LogP contribution in [0.3, 0.4) is 0 Å². The van der Waals surface area contributed by atoms with Crippen LogP contribution in [-0.4, -0.2) is 0 Å². The number of halogens is 1. The molecule has 0 radical (unpaired) electrons. The molecule has 0 atom stereocenters. The SMILES string of the molecule is O=c1oc(-c2cc(Cl)ccc2Oc2ccccc2)cc2ccccc12. The lowest BCUT2D eigenvalue weighted by Gasteiger charge is -2.11. The summed E-state index contributed by atoms with van der Waals surface area (Å²) in [7, 11) is 0. The minimum atomic E-state index is -0.390. The summed E-state index contributed by atoms with van der Waals surface area (Å²) in [6, 6.07) is 23.8. The summed E-state index contributed by atoms with van der Waals surface area (Å²) >= 11 is 6.15. The Hall–Kier alpha value is -3.04. The predicted octanol–water partition coefficient (Wildman–Crippen LogP) is 5.91. The molecule has 122 valence electrons. The van der Waals surface area contributed by atoms with Crippen LogP contribution in [0.4, 0.5) is 0 Å². The molecule has 25 heavy (non-hydrogen) atoms. The number of ether oxygens (including phenoxy) is 1. The first-order valence-electron chi connectivity index (χ1n) is 7.76. The fourth-order valence-corrected chi connectivity index (χ4v) is 2.84. The van der Waals surface area contributed by atoms with E-state index in [0.29, 0.717) is 33.2 Å². The van der Waals surface area contributed by atoms with E-state index in [1.54, 1.807) is 24.3 Å². The smallest absolute Gasteiger partial charge is 0.344 e. The first-order valence-corrected chi connectivity index (χ1v) is 8.14. The van der Waals surface area contributed by atoms with Gasteiger partial charge in [0.25, 0.3) is 0 Å². The van der Waals surface area contributed by atoms with Gasteiger partial charge in [-0.2, -0.15) is 0 Å². The monoisotopic (exact) mass is 348 g/mol. The summed E-state index contributed by atoms with van der Waals surface area (Å²) in [6.45, 7) is 0. The van der Waals surface area contributed by atoms with Gasteiger partial charge in [-0.3, -0.25) is 0 Å². The summed E-state index contributed by atoms with van der Waals surface area (Å²) in [5.74, 6) is 1.67. The number of para-hydroxylation sites is 1. The maximum atomic E-state index is 12.3. The average molecular weight is 349 g/mol. The Balaban J connectivity index is 1.87. The maximum absolute atomic E-state index is 12.3. The van der Waals surface area contributed by atoms with Crippen molar-refractivity contribution in [2.24, 2.45) is 0 Å². The highest BCUT2D eigenvalue weighted by Crippen LogP contribution is 2.35. The second-order valence-electron chi connectivity index (χ2n) is 5.54. The number of fused-ring (bicyclic) bond motifs is 1. The lowest BCUT2D eigenvalue weighted by Crippen LogP contribution is -2.00. The van der Waals surface area contributed by atoms with Crippen LogP contribution in [0.2, 0.25) is 5.02 Å². The van der Waals surface area contributed by atoms with Crippen molar-refractivity contribution < 1.29 is 9.15 Å². The molecule has 4 aromatic rings. The molecule has 0 saturated carbocycles. The van der Waals surface area contributed by atoms with Crippen LogP contribution in [-0.2, 0) is 0 Å². The molecule has 0 saturated heterocycles. The van der Waals surface area contributed by atoms with Gasteiger partial charge in [-0.15, -0.1) is 0 Å². The van der Waals surface area contributed by atoms with E-state index in [0.717, 1.165) is 5.39 Å². The zero-order valence-corrected chi connectivity index (χ0v) is 13.9. The zero-order chi connectivity index (χ0) is 17.2. The molecular weight excluding hydrogens is 336 g/mol. The molecule has 0 amide bonds. The van der Waals surface area contributed by atoms with E-state index in [-0.39, 0.29) is 0 Å². The standard InChI is InChI=1S/C21H13ClO3/c22-15-10-11-19(24-16-7-2-1-3-8-16)18(13-15)20-12-14-6-4-5-9-17(14)21(23)25-20/h1-13H. The third-order valence-corrected chi connectivity index (χ3v) is 4.08. The Labute approximate surface area is 149 Å². The van der Waals surface area contributed by atoms with Crippen molar-refractivity contribution in [3.8, 4) is 22.8 Å². The largest absolute Gasteiger partial charge is 0.457 e. The molecule has 0 aliphatic rings. The van der Waals surface area contributed by atoms with Gasteiger partial charge in [0.05, 0.1) is 10.9 Å². The number of rotatable bonds is 3. The van der Waals surface area contributed by atoms with Gasteiger partial charge in [0, 0.05) is 5.02 Å². The van der Waals surface area contributed by atoms with Gasteiger partial charge in [0.2, 0.25) is 0 Å². The van der Waals surface area contributed by atoms with Crippen molar-refractivity contribution in [1.82, 2.24) is 0 Å². The van der Waals surface area contributed by atoms with Gasteiger partial charge in [0.15, 0.2) is 0 Å². The van der Waals surface area contributed by atoms with Crippen LogP contribution in [0.25, 0.3) is 22.1 Å². The van der Waals surface area contributed by atoms with Crippen molar-refractivity contribution in [1.29, 1.82) is 0 Å². The van der Waals surface area contributed by atoms with Crippen LogP contribution in [0, 0.1) is 0 Å². The predicted molar refractivity (Wildman–Crippen MR) is 99.4 cm³/mol. The average Bonchev–Trinajstić information content (AvgIpc) is 2.64. The molecule has 4 rings (SSSR count). The fourth-order valence-electron chi connectivity index (χ4n) is 2.67. The summed E-state index contributed by atoms with van der Waals surface area (Å²) in [5.41, 5.74) is 0.234. The van der Waals surface area contributed by atoms with Gasteiger partial charge in [-0.05, 0) is 47.9 Å². The Morgan fingerprint density at radius 1 is 0.840 bits per heavy atom. The Morgan fingerprint density at radius 2 is 1.60 bits per heavy atom. The molecule has 4 heteroatoms. The molecule has 0 unspecified atom stereocenters. The van der Waals surface area contributed by atoms with Gasteiger partial charge in [-0.25, -0.2) is 4.79 Å². The summed E-state index contributed by atoms with van der Waals surface area (Å²) < 4.78 is 11.5. The van der Waals surface area contributed by atoms with Crippen LogP contribution in [0.15, 0.2) is 88.1 Å². The lowest BCUT2D eigenvalue weighted by atomic mass is 10.1. The summed E-state index contributed by atoms with van der Waals surface area (Å²) in [4.78, 5) is 12.3. The Bertz CT molecular complexity index is 1100. The van der Waals surface area contributed by atoms with Gasteiger partial charge in [-0.1, -0.05) is 48.0 Å². The Morgan fingerprint density at radius 3 is 2.44 bits per heavy atom.